The van der Waals surface area contributed by atoms with Gasteiger partial charge in [0.15, 0.2) is 0 Å². The maximum Gasteiger partial charge on any atom is 0.269 e. The van der Waals surface area contributed by atoms with Gasteiger partial charge in [-0.05, 0) is 30.7 Å². The Morgan fingerprint density at radius 3 is 2.67 bits per heavy atom. The second-order valence-corrected chi connectivity index (χ2v) is 5.50. The predicted octanol–water partition coefficient (Wildman–Crippen LogP) is 3.58. The van der Waals surface area contributed by atoms with Crippen LogP contribution < -0.4 is 10.1 Å². The van der Waals surface area contributed by atoms with Crippen molar-refractivity contribution in [2.45, 2.75) is 13.0 Å². The van der Waals surface area contributed by atoms with Crippen molar-refractivity contribution in [1.29, 1.82) is 0 Å². The van der Waals surface area contributed by atoms with E-state index in [4.69, 9.17) is 4.74 Å². The molecule has 1 atom stereocenters. The number of amides is 1. The molecule has 24 heavy (non-hydrogen) atoms. The van der Waals surface area contributed by atoms with Crippen LogP contribution >= 0.6 is 0 Å². The van der Waals surface area contributed by atoms with Crippen LogP contribution in [0.25, 0.3) is 11.3 Å². The van der Waals surface area contributed by atoms with E-state index in [1.165, 1.54) is 0 Å². The molecule has 0 fully saturated rings. The molecule has 0 saturated heterocycles. The van der Waals surface area contributed by atoms with Gasteiger partial charge < -0.3 is 10.1 Å². The lowest BCUT2D eigenvalue weighted by atomic mass is 10.1. The van der Waals surface area contributed by atoms with Gasteiger partial charge in [0.1, 0.15) is 11.4 Å². The van der Waals surface area contributed by atoms with E-state index >= 15 is 0 Å². The van der Waals surface area contributed by atoms with Gasteiger partial charge in [-0.15, -0.1) is 0 Å². The summed E-state index contributed by atoms with van der Waals surface area (Å²) in [5.41, 5.74) is 3.07. The molecule has 2 N–H and O–H groups in total. The van der Waals surface area contributed by atoms with Gasteiger partial charge in [-0.1, -0.05) is 42.5 Å². The third kappa shape index (κ3) is 3.46. The van der Waals surface area contributed by atoms with E-state index < -0.39 is 0 Å². The Bertz CT molecular complexity index is 827. The highest BCUT2D eigenvalue weighted by molar-refractivity contribution is 5.93. The first-order valence-electron chi connectivity index (χ1n) is 7.73. The molecule has 0 spiro atoms. The summed E-state index contributed by atoms with van der Waals surface area (Å²) in [7, 11) is 1.62. The zero-order valence-corrected chi connectivity index (χ0v) is 13.6. The van der Waals surface area contributed by atoms with Gasteiger partial charge in [-0.25, -0.2) is 0 Å². The van der Waals surface area contributed by atoms with Crippen LogP contribution in [0.5, 0.6) is 5.75 Å². The number of hydrogen-bond acceptors (Lipinski definition) is 3. The molecule has 1 amide bonds. The first-order chi connectivity index (χ1) is 11.7. The highest BCUT2D eigenvalue weighted by Gasteiger charge is 2.14. The molecule has 0 bridgehead atoms. The van der Waals surface area contributed by atoms with Gasteiger partial charge in [0.05, 0.1) is 18.8 Å². The Morgan fingerprint density at radius 2 is 1.92 bits per heavy atom. The molecule has 5 nitrogen and oxygen atoms in total. The normalized spacial score (nSPS) is 11.8. The molecule has 0 radical (unpaired) electrons. The minimum Gasteiger partial charge on any atom is -0.497 e. The van der Waals surface area contributed by atoms with E-state index in [-0.39, 0.29) is 11.9 Å². The van der Waals surface area contributed by atoms with Crippen molar-refractivity contribution in [2.75, 3.05) is 7.11 Å². The zero-order chi connectivity index (χ0) is 16.9. The van der Waals surface area contributed by atoms with Gasteiger partial charge >= 0.3 is 0 Å². The van der Waals surface area contributed by atoms with Gasteiger partial charge in [0.25, 0.3) is 5.91 Å². The molecule has 1 heterocycles. The summed E-state index contributed by atoms with van der Waals surface area (Å²) in [5, 5.41) is 9.98. The predicted molar refractivity (Wildman–Crippen MR) is 92.9 cm³/mol. The summed E-state index contributed by atoms with van der Waals surface area (Å²) in [4.78, 5) is 12.4. The fraction of sp³-hybridized carbons (Fsp3) is 0.158. The molecule has 0 unspecified atom stereocenters. The second kappa shape index (κ2) is 7.00. The summed E-state index contributed by atoms with van der Waals surface area (Å²) < 4.78 is 5.21. The zero-order valence-electron chi connectivity index (χ0n) is 13.6. The SMILES string of the molecule is COc1cccc(-c2cc(C(=O)N[C@@H](C)c3ccccc3)[nH]n2)c1. The van der Waals surface area contributed by atoms with Gasteiger partial charge in [-0.3, -0.25) is 9.89 Å². The smallest absolute Gasteiger partial charge is 0.269 e. The molecule has 1 aromatic heterocycles. The summed E-state index contributed by atoms with van der Waals surface area (Å²) in [5.74, 6) is 0.562. The largest absolute Gasteiger partial charge is 0.497 e. The number of carbonyl (C=O) groups excluding carboxylic acids is 1. The summed E-state index contributed by atoms with van der Waals surface area (Å²) in [6.07, 6.45) is 0. The van der Waals surface area contributed by atoms with Crippen LogP contribution in [0.2, 0.25) is 0 Å². The first-order valence-corrected chi connectivity index (χ1v) is 7.73. The number of hydrogen-bond donors (Lipinski definition) is 2. The van der Waals surface area contributed by atoms with E-state index in [0.717, 1.165) is 16.9 Å². The second-order valence-electron chi connectivity index (χ2n) is 5.50. The summed E-state index contributed by atoms with van der Waals surface area (Å²) in [6.45, 7) is 1.95. The lowest BCUT2D eigenvalue weighted by molar-refractivity contribution is 0.0935. The average Bonchev–Trinajstić information content (AvgIpc) is 3.13. The van der Waals surface area contributed by atoms with Crippen LogP contribution in [0.15, 0.2) is 60.7 Å². The van der Waals surface area contributed by atoms with Crippen LogP contribution in [-0.4, -0.2) is 23.2 Å². The van der Waals surface area contributed by atoms with Crippen molar-refractivity contribution in [3.63, 3.8) is 0 Å². The van der Waals surface area contributed by atoms with E-state index in [9.17, 15) is 4.79 Å². The molecule has 0 aliphatic rings. The molecule has 3 aromatic rings. The standard InChI is InChI=1S/C19H19N3O2/c1-13(14-7-4-3-5-8-14)20-19(23)18-12-17(21-22-18)15-9-6-10-16(11-15)24-2/h3-13H,1-2H3,(H,20,23)(H,21,22)/t13-/m0/s1. The molecular weight excluding hydrogens is 302 g/mol. The van der Waals surface area contributed by atoms with Crippen molar-refractivity contribution < 1.29 is 9.53 Å². The van der Waals surface area contributed by atoms with Gasteiger partial charge in [0, 0.05) is 5.56 Å². The Labute approximate surface area is 140 Å². The highest BCUT2D eigenvalue weighted by atomic mass is 16.5. The van der Waals surface area contributed by atoms with E-state index in [1.807, 2.05) is 61.5 Å². The molecule has 2 aromatic carbocycles. The van der Waals surface area contributed by atoms with E-state index in [1.54, 1.807) is 13.2 Å². The average molecular weight is 321 g/mol. The number of aromatic amines is 1. The van der Waals surface area contributed by atoms with Crippen LogP contribution in [0, 0.1) is 0 Å². The number of H-pyrrole nitrogens is 1. The minimum absolute atomic E-state index is 0.0812. The molecular formula is C19H19N3O2. The maximum absolute atomic E-state index is 12.4. The number of ether oxygens (including phenoxy) is 1. The van der Waals surface area contributed by atoms with Gasteiger partial charge in [-0.2, -0.15) is 5.10 Å². The number of aromatic nitrogens is 2. The van der Waals surface area contributed by atoms with E-state index in [0.29, 0.717) is 11.4 Å². The number of nitrogens with zero attached hydrogens (tertiary/aromatic N) is 1. The molecule has 122 valence electrons. The van der Waals surface area contributed by atoms with Crippen molar-refractivity contribution in [3.8, 4) is 17.0 Å². The Hall–Kier alpha value is -3.08. The number of nitrogens with one attached hydrogen (secondary N) is 2. The third-order valence-electron chi connectivity index (χ3n) is 3.84. The summed E-state index contributed by atoms with van der Waals surface area (Å²) in [6, 6.07) is 19.0. The fourth-order valence-corrected chi connectivity index (χ4v) is 2.47. The molecule has 0 aliphatic carbocycles. The number of carbonyl (C=O) groups is 1. The molecule has 3 rings (SSSR count). The number of methoxy groups -OCH3 is 1. The van der Waals surface area contributed by atoms with Crippen LogP contribution in [-0.2, 0) is 0 Å². The lowest BCUT2D eigenvalue weighted by Gasteiger charge is -2.13. The number of benzene rings is 2. The van der Waals surface area contributed by atoms with Crippen molar-refractivity contribution >= 4 is 5.91 Å². The number of rotatable bonds is 5. The molecule has 5 heteroatoms. The highest BCUT2D eigenvalue weighted by Crippen LogP contribution is 2.22. The van der Waals surface area contributed by atoms with Crippen molar-refractivity contribution in [2.24, 2.45) is 0 Å². The third-order valence-corrected chi connectivity index (χ3v) is 3.84. The van der Waals surface area contributed by atoms with Crippen LogP contribution in [0.1, 0.15) is 29.0 Å². The molecule has 0 aliphatic heterocycles. The van der Waals surface area contributed by atoms with Crippen molar-refractivity contribution in [1.82, 2.24) is 15.5 Å². The van der Waals surface area contributed by atoms with E-state index in [2.05, 4.69) is 15.5 Å². The first kappa shape index (κ1) is 15.8. The van der Waals surface area contributed by atoms with Crippen molar-refractivity contribution in [3.05, 3.63) is 71.9 Å². The topological polar surface area (TPSA) is 67.0 Å². The maximum atomic E-state index is 12.4. The minimum atomic E-state index is -0.187. The van der Waals surface area contributed by atoms with Crippen LogP contribution in [0.3, 0.4) is 0 Å². The van der Waals surface area contributed by atoms with Gasteiger partial charge in [0.2, 0.25) is 0 Å². The van der Waals surface area contributed by atoms with Crippen LogP contribution in [0.4, 0.5) is 0 Å². The quantitative estimate of drug-likeness (QED) is 0.755. The summed E-state index contributed by atoms with van der Waals surface area (Å²) >= 11 is 0. The monoisotopic (exact) mass is 321 g/mol. The Balaban J connectivity index is 1.74. The Kier molecular flexibility index (Phi) is 4.61. The lowest BCUT2D eigenvalue weighted by Crippen LogP contribution is -2.26. The fourth-order valence-electron chi connectivity index (χ4n) is 2.47. The molecule has 0 saturated carbocycles. The Morgan fingerprint density at radius 1 is 1.12 bits per heavy atom.